The van der Waals surface area contributed by atoms with Gasteiger partial charge in [-0.3, -0.25) is 4.79 Å². The zero-order valence-electron chi connectivity index (χ0n) is 15.1. The van der Waals surface area contributed by atoms with Crippen molar-refractivity contribution in [1.82, 2.24) is 4.90 Å². The molecule has 132 valence electrons. The van der Waals surface area contributed by atoms with Crippen molar-refractivity contribution in [3.05, 3.63) is 24.3 Å². The molecular weight excluding hydrogens is 306 g/mol. The predicted octanol–water partition coefficient (Wildman–Crippen LogP) is 3.31. The summed E-state index contributed by atoms with van der Waals surface area (Å²) in [5, 5.41) is 5.72. The van der Waals surface area contributed by atoms with Gasteiger partial charge in [-0.1, -0.05) is 13.8 Å². The van der Waals surface area contributed by atoms with Crippen LogP contribution in [0.15, 0.2) is 24.3 Å². The summed E-state index contributed by atoms with van der Waals surface area (Å²) in [5.74, 6) is -0.104. The molecule has 2 N–H and O–H groups in total. The first kappa shape index (κ1) is 18.3. The number of carbonyl (C=O) groups is 2. The maximum atomic E-state index is 12.4. The van der Waals surface area contributed by atoms with Crippen molar-refractivity contribution < 1.29 is 14.3 Å². The van der Waals surface area contributed by atoms with Crippen LogP contribution in [0.3, 0.4) is 0 Å². The number of morpholine rings is 1. The second-order valence-corrected chi connectivity index (χ2v) is 7.22. The van der Waals surface area contributed by atoms with Crippen molar-refractivity contribution >= 4 is 23.3 Å². The number of benzene rings is 1. The largest absolute Gasteiger partial charge is 0.369 e. The standard InChI is InChI=1S/C18H27N3O3/c1-12(2)16(22)19-14-6-8-15(9-7-14)20-17(23)21-10-13(3)24-18(4,5)11-21/h6-9,12-13H,10-11H2,1-5H3,(H,19,22)(H,20,23)/t13-/m1/s1. The van der Waals surface area contributed by atoms with Crippen molar-refractivity contribution in [3.8, 4) is 0 Å². The number of amides is 3. The quantitative estimate of drug-likeness (QED) is 0.891. The van der Waals surface area contributed by atoms with E-state index >= 15 is 0 Å². The number of carbonyl (C=O) groups excluding carboxylic acids is 2. The monoisotopic (exact) mass is 333 g/mol. The lowest BCUT2D eigenvalue weighted by Gasteiger charge is -2.41. The highest BCUT2D eigenvalue weighted by atomic mass is 16.5. The highest BCUT2D eigenvalue weighted by Gasteiger charge is 2.33. The molecule has 0 radical (unpaired) electrons. The van der Waals surface area contributed by atoms with Crippen LogP contribution in [0.25, 0.3) is 0 Å². The summed E-state index contributed by atoms with van der Waals surface area (Å²) in [6, 6.07) is 6.98. The number of rotatable bonds is 3. The van der Waals surface area contributed by atoms with Crippen LogP contribution in [-0.4, -0.2) is 41.6 Å². The van der Waals surface area contributed by atoms with Gasteiger partial charge in [0.25, 0.3) is 0 Å². The molecule has 6 nitrogen and oxygen atoms in total. The van der Waals surface area contributed by atoms with Gasteiger partial charge in [0.05, 0.1) is 18.2 Å². The number of hydrogen-bond acceptors (Lipinski definition) is 3. The number of urea groups is 1. The first-order valence-electron chi connectivity index (χ1n) is 8.31. The van der Waals surface area contributed by atoms with Crippen LogP contribution in [0, 0.1) is 5.92 Å². The predicted molar refractivity (Wildman–Crippen MR) is 95.1 cm³/mol. The van der Waals surface area contributed by atoms with Crippen LogP contribution in [0.5, 0.6) is 0 Å². The van der Waals surface area contributed by atoms with Crippen molar-refractivity contribution in [3.63, 3.8) is 0 Å². The molecule has 3 amide bonds. The van der Waals surface area contributed by atoms with Crippen molar-refractivity contribution in [2.75, 3.05) is 23.7 Å². The Balaban J connectivity index is 1.95. The molecule has 0 unspecified atom stereocenters. The minimum Gasteiger partial charge on any atom is -0.369 e. The lowest BCUT2D eigenvalue weighted by atomic mass is 10.1. The molecule has 1 aliphatic rings. The summed E-state index contributed by atoms with van der Waals surface area (Å²) in [6.07, 6.45) is 0.00752. The van der Waals surface area contributed by atoms with Gasteiger partial charge in [-0.15, -0.1) is 0 Å². The SMILES string of the molecule is CC(C)C(=O)Nc1ccc(NC(=O)N2C[C@@H](C)OC(C)(C)C2)cc1. The zero-order valence-corrected chi connectivity index (χ0v) is 15.1. The topological polar surface area (TPSA) is 70.7 Å². The van der Waals surface area contributed by atoms with Gasteiger partial charge >= 0.3 is 6.03 Å². The summed E-state index contributed by atoms with van der Waals surface area (Å²) in [7, 11) is 0. The molecule has 24 heavy (non-hydrogen) atoms. The number of nitrogens with one attached hydrogen (secondary N) is 2. The summed E-state index contributed by atoms with van der Waals surface area (Å²) >= 11 is 0. The van der Waals surface area contributed by atoms with E-state index in [1.54, 1.807) is 29.2 Å². The maximum Gasteiger partial charge on any atom is 0.322 e. The average Bonchev–Trinajstić information content (AvgIpc) is 2.47. The Bertz CT molecular complexity index is 596. The van der Waals surface area contributed by atoms with Gasteiger partial charge in [0, 0.05) is 23.8 Å². The molecule has 0 aromatic heterocycles. The van der Waals surface area contributed by atoms with Crippen LogP contribution in [0.4, 0.5) is 16.2 Å². The van der Waals surface area contributed by atoms with Crippen LogP contribution in [0.1, 0.15) is 34.6 Å². The number of hydrogen-bond donors (Lipinski definition) is 2. The summed E-state index contributed by atoms with van der Waals surface area (Å²) in [4.78, 5) is 25.9. The number of ether oxygens (including phenoxy) is 1. The van der Waals surface area contributed by atoms with Gasteiger partial charge in [-0.2, -0.15) is 0 Å². The molecule has 1 aromatic rings. The molecule has 1 aromatic carbocycles. The molecule has 6 heteroatoms. The molecule has 1 fully saturated rings. The fourth-order valence-electron chi connectivity index (χ4n) is 2.73. The minimum atomic E-state index is -0.347. The van der Waals surface area contributed by atoms with Gasteiger partial charge in [0.1, 0.15) is 0 Å². The Hall–Kier alpha value is -2.08. The van der Waals surface area contributed by atoms with Crippen LogP contribution in [0.2, 0.25) is 0 Å². The first-order valence-corrected chi connectivity index (χ1v) is 8.31. The van der Waals surface area contributed by atoms with Gasteiger partial charge in [-0.25, -0.2) is 4.79 Å². The van der Waals surface area contributed by atoms with E-state index in [1.807, 2.05) is 34.6 Å². The molecule has 1 heterocycles. The maximum absolute atomic E-state index is 12.4. The third kappa shape index (κ3) is 4.96. The Kier molecular flexibility index (Phi) is 5.49. The molecule has 1 saturated heterocycles. The molecule has 0 aliphatic carbocycles. The van der Waals surface area contributed by atoms with Crippen LogP contribution >= 0.6 is 0 Å². The molecule has 2 rings (SSSR count). The lowest BCUT2D eigenvalue weighted by molar-refractivity contribution is -0.118. The molecule has 1 atom stereocenters. The third-order valence-corrected chi connectivity index (χ3v) is 3.78. The van der Waals surface area contributed by atoms with Gasteiger partial charge in [-0.05, 0) is 45.0 Å². The smallest absolute Gasteiger partial charge is 0.322 e. The van der Waals surface area contributed by atoms with Crippen LogP contribution in [-0.2, 0) is 9.53 Å². The lowest BCUT2D eigenvalue weighted by Crippen LogP contribution is -2.54. The van der Waals surface area contributed by atoms with Crippen LogP contribution < -0.4 is 10.6 Å². The molecule has 0 bridgehead atoms. The van der Waals surface area contributed by atoms with E-state index < -0.39 is 0 Å². The Labute approximate surface area is 143 Å². The third-order valence-electron chi connectivity index (χ3n) is 3.78. The van der Waals surface area contributed by atoms with Gasteiger partial charge in [0.2, 0.25) is 5.91 Å². The van der Waals surface area contributed by atoms with Crippen molar-refractivity contribution in [2.45, 2.75) is 46.3 Å². The van der Waals surface area contributed by atoms with E-state index in [4.69, 9.17) is 4.74 Å². The molecule has 0 saturated carbocycles. The van der Waals surface area contributed by atoms with E-state index in [2.05, 4.69) is 10.6 Å². The normalized spacial score (nSPS) is 19.9. The van der Waals surface area contributed by atoms with Gasteiger partial charge < -0.3 is 20.3 Å². The fraction of sp³-hybridized carbons (Fsp3) is 0.556. The Morgan fingerprint density at radius 2 is 1.71 bits per heavy atom. The minimum absolute atomic E-state index is 0.00752. The molecule has 0 spiro atoms. The molecular formula is C18H27N3O3. The first-order chi connectivity index (χ1) is 11.2. The Morgan fingerprint density at radius 1 is 1.17 bits per heavy atom. The highest BCUT2D eigenvalue weighted by Crippen LogP contribution is 2.22. The van der Waals surface area contributed by atoms with E-state index in [1.165, 1.54) is 0 Å². The number of nitrogens with zero attached hydrogens (tertiary/aromatic N) is 1. The Morgan fingerprint density at radius 3 is 2.21 bits per heavy atom. The average molecular weight is 333 g/mol. The fourth-order valence-corrected chi connectivity index (χ4v) is 2.73. The number of anilines is 2. The summed E-state index contributed by atoms with van der Waals surface area (Å²) in [6.45, 7) is 10.7. The van der Waals surface area contributed by atoms with E-state index in [0.717, 1.165) is 0 Å². The second-order valence-electron chi connectivity index (χ2n) is 7.22. The van der Waals surface area contributed by atoms with E-state index in [0.29, 0.717) is 24.5 Å². The van der Waals surface area contributed by atoms with Crippen molar-refractivity contribution in [2.24, 2.45) is 5.92 Å². The summed E-state index contributed by atoms with van der Waals surface area (Å²) in [5.41, 5.74) is 1.06. The highest BCUT2D eigenvalue weighted by molar-refractivity contribution is 5.93. The van der Waals surface area contributed by atoms with E-state index in [9.17, 15) is 9.59 Å². The van der Waals surface area contributed by atoms with Gasteiger partial charge in [0.15, 0.2) is 0 Å². The molecule has 1 aliphatic heterocycles. The van der Waals surface area contributed by atoms with Crippen molar-refractivity contribution in [1.29, 1.82) is 0 Å². The van der Waals surface area contributed by atoms with E-state index in [-0.39, 0.29) is 29.6 Å². The zero-order chi connectivity index (χ0) is 17.9. The summed E-state index contributed by atoms with van der Waals surface area (Å²) < 4.78 is 5.81. The second kappa shape index (κ2) is 7.21.